The van der Waals surface area contributed by atoms with Crippen molar-refractivity contribution in [1.82, 2.24) is 0 Å². The van der Waals surface area contributed by atoms with Crippen molar-refractivity contribution in [3.63, 3.8) is 0 Å². The van der Waals surface area contributed by atoms with Crippen LogP contribution in [0.15, 0.2) is 0 Å². The highest BCUT2D eigenvalue weighted by Gasteiger charge is 2.66. The standard InChI is InChI=1S/C14H17Br2NO3S/c1-5-8-7(2)21-10(9(8)11(18)20-4)17-12(19)13(3)6-14(13,15)16/h5-6H2,1-4H3,(H,17,19)/t13-/m1/s1. The molecule has 0 aliphatic heterocycles. The first-order chi connectivity index (χ1) is 9.67. The Bertz CT molecular complexity index is 612. The molecule has 0 saturated heterocycles. The van der Waals surface area contributed by atoms with Gasteiger partial charge in [0.05, 0.1) is 21.3 Å². The monoisotopic (exact) mass is 437 g/mol. The van der Waals surface area contributed by atoms with Crippen molar-refractivity contribution in [2.24, 2.45) is 5.41 Å². The number of alkyl halides is 2. The Balaban J connectivity index is 2.33. The lowest BCUT2D eigenvalue weighted by atomic mass is 10.1. The summed E-state index contributed by atoms with van der Waals surface area (Å²) in [6, 6.07) is 0. The van der Waals surface area contributed by atoms with Gasteiger partial charge in [-0.15, -0.1) is 11.3 Å². The van der Waals surface area contributed by atoms with E-state index in [9.17, 15) is 9.59 Å². The van der Waals surface area contributed by atoms with Crippen molar-refractivity contribution in [1.29, 1.82) is 0 Å². The number of hydrogen-bond acceptors (Lipinski definition) is 4. The smallest absolute Gasteiger partial charge is 0.341 e. The Morgan fingerprint density at radius 1 is 1.43 bits per heavy atom. The fourth-order valence-corrected chi connectivity index (χ4v) is 4.91. The highest BCUT2D eigenvalue weighted by molar-refractivity contribution is 9.25. The number of thiophene rings is 1. The van der Waals surface area contributed by atoms with Gasteiger partial charge in [-0.3, -0.25) is 4.79 Å². The Labute approximate surface area is 144 Å². The van der Waals surface area contributed by atoms with E-state index in [1.807, 2.05) is 20.8 Å². The Morgan fingerprint density at radius 2 is 2.00 bits per heavy atom. The molecule has 0 radical (unpaired) electrons. The number of anilines is 1. The number of esters is 1. The third kappa shape index (κ3) is 2.80. The summed E-state index contributed by atoms with van der Waals surface area (Å²) in [5.74, 6) is -0.512. The van der Waals surface area contributed by atoms with Crippen LogP contribution in [0.25, 0.3) is 0 Å². The quantitative estimate of drug-likeness (QED) is 0.564. The lowest BCUT2D eigenvalue weighted by Gasteiger charge is -2.13. The number of carbonyl (C=O) groups is 2. The number of halogens is 2. The van der Waals surface area contributed by atoms with Crippen LogP contribution in [0.4, 0.5) is 5.00 Å². The van der Waals surface area contributed by atoms with E-state index in [1.54, 1.807) is 0 Å². The predicted molar refractivity (Wildman–Crippen MR) is 91.7 cm³/mol. The van der Waals surface area contributed by atoms with Crippen molar-refractivity contribution in [2.75, 3.05) is 12.4 Å². The van der Waals surface area contributed by atoms with Gasteiger partial charge in [0.15, 0.2) is 0 Å². The molecule has 0 bridgehead atoms. The first-order valence-electron chi connectivity index (χ1n) is 6.57. The van der Waals surface area contributed by atoms with Crippen LogP contribution < -0.4 is 5.32 Å². The molecule has 1 saturated carbocycles. The Hall–Kier alpha value is -0.400. The molecule has 0 aromatic carbocycles. The molecule has 1 heterocycles. The number of rotatable bonds is 4. The molecule has 0 unspecified atom stereocenters. The third-order valence-electron chi connectivity index (χ3n) is 3.94. The summed E-state index contributed by atoms with van der Waals surface area (Å²) in [7, 11) is 1.35. The van der Waals surface area contributed by atoms with Crippen molar-refractivity contribution >= 4 is 60.1 Å². The van der Waals surface area contributed by atoms with Crippen LogP contribution >= 0.6 is 43.2 Å². The van der Waals surface area contributed by atoms with Crippen LogP contribution in [0.5, 0.6) is 0 Å². The maximum absolute atomic E-state index is 12.5. The topological polar surface area (TPSA) is 55.4 Å². The summed E-state index contributed by atoms with van der Waals surface area (Å²) in [6.07, 6.45) is 1.42. The van der Waals surface area contributed by atoms with Gasteiger partial charge in [0.25, 0.3) is 0 Å². The average molecular weight is 439 g/mol. The minimum Gasteiger partial charge on any atom is -0.465 e. The fraction of sp³-hybridized carbons (Fsp3) is 0.571. The normalized spacial score (nSPS) is 22.8. The van der Waals surface area contributed by atoms with Gasteiger partial charge in [-0.25, -0.2) is 4.79 Å². The predicted octanol–water partition coefficient (Wildman–Crippen LogP) is 4.24. The maximum Gasteiger partial charge on any atom is 0.341 e. The van der Waals surface area contributed by atoms with E-state index in [2.05, 4.69) is 37.2 Å². The van der Waals surface area contributed by atoms with E-state index >= 15 is 0 Å². The fourth-order valence-electron chi connectivity index (χ4n) is 2.30. The van der Waals surface area contributed by atoms with Crippen molar-refractivity contribution in [3.05, 3.63) is 16.0 Å². The third-order valence-corrected chi connectivity index (χ3v) is 7.31. The number of aryl methyl sites for hydroxylation is 1. The summed E-state index contributed by atoms with van der Waals surface area (Å²) in [5.41, 5.74) is 0.895. The Morgan fingerprint density at radius 3 is 2.43 bits per heavy atom. The van der Waals surface area contributed by atoms with Crippen molar-refractivity contribution in [2.45, 2.75) is 36.8 Å². The number of amides is 1. The SMILES string of the molecule is CCc1c(C)sc(NC(=O)[C@@]2(C)CC2(Br)Br)c1C(=O)OC. The summed E-state index contributed by atoms with van der Waals surface area (Å²) in [6.45, 7) is 5.81. The van der Waals surface area contributed by atoms with Gasteiger partial charge in [-0.2, -0.15) is 0 Å². The summed E-state index contributed by atoms with van der Waals surface area (Å²) in [5, 5.41) is 3.47. The molecule has 1 aliphatic carbocycles. The highest BCUT2D eigenvalue weighted by Crippen LogP contribution is 2.66. The van der Waals surface area contributed by atoms with Gasteiger partial charge in [-0.05, 0) is 32.3 Å². The van der Waals surface area contributed by atoms with Crippen LogP contribution in [0, 0.1) is 12.3 Å². The van der Waals surface area contributed by atoms with Crippen molar-refractivity contribution < 1.29 is 14.3 Å². The van der Waals surface area contributed by atoms with Gasteiger partial charge in [0.1, 0.15) is 5.00 Å². The molecule has 116 valence electrons. The molecular formula is C14H17Br2NO3S. The number of nitrogens with one attached hydrogen (secondary N) is 1. The van der Waals surface area contributed by atoms with E-state index in [1.165, 1.54) is 18.4 Å². The second kappa shape index (κ2) is 5.66. The molecule has 1 aliphatic rings. The highest BCUT2D eigenvalue weighted by atomic mass is 79.9. The minimum atomic E-state index is -0.523. The molecule has 1 aromatic heterocycles. The molecule has 2 rings (SSSR count). The van der Waals surface area contributed by atoms with Crippen LogP contribution in [0.2, 0.25) is 0 Å². The van der Waals surface area contributed by atoms with Crippen molar-refractivity contribution in [3.8, 4) is 0 Å². The van der Waals surface area contributed by atoms with E-state index in [-0.39, 0.29) is 9.14 Å². The number of methoxy groups -OCH3 is 1. The second-order valence-corrected chi connectivity index (χ2v) is 10.3. The molecular weight excluding hydrogens is 422 g/mol. The average Bonchev–Trinajstić information content (AvgIpc) is 2.77. The van der Waals surface area contributed by atoms with E-state index in [4.69, 9.17) is 4.74 Å². The molecule has 0 spiro atoms. The lowest BCUT2D eigenvalue weighted by Crippen LogP contribution is -2.26. The summed E-state index contributed by atoms with van der Waals surface area (Å²) in [4.78, 5) is 25.5. The van der Waals surface area contributed by atoms with Crippen LogP contribution in [-0.4, -0.2) is 22.2 Å². The first-order valence-corrected chi connectivity index (χ1v) is 8.98. The second-order valence-electron chi connectivity index (χ2n) is 5.35. The van der Waals surface area contributed by atoms with Gasteiger partial charge in [-0.1, -0.05) is 38.8 Å². The van der Waals surface area contributed by atoms with Crippen LogP contribution in [0.3, 0.4) is 0 Å². The van der Waals surface area contributed by atoms with Gasteiger partial charge in [0, 0.05) is 4.88 Å². The molecule has 1 fully saturated rings. The Kier molecular flexibility index (Phi) is 4.57. The summed E-state index contributed by atoms with van der Waals surface area (Å²) < 4.78 is 4.50. The zero-order chi connectivity index (χ0) is 16.0. The zero-order valence-electron chi connectivity index (χ0n) is 12.3. The van der Waals surface area contributed by atoms with Gasteiger partial charge < -0.3 is 10.1 Å². The molecule has 21 heavy (non-hydrogen) atoms. The van der Waals surface area contributed by atoms with Gasteiger partial charge in [0.2, 0.25) is 5.91 Å². The molecule has 4 nitrogen and oxygen atoms in total. The van der Waals surface area contributed by atoms with Gasteiger partial charge >= 0.3 is 5.97 Å². The molecule has 1 aromatic rings. The van der Waals surface area contributed by atoms with E-state index in [0.29, 0.717) is 17.0 Å². The molecule has 7 heteroatoms. The molecule has 1 amide bonds. The number of ether oxygens (including phenoxy) is 1. The largest absolute Gasteiger partial charge is 0.465 e. The molecule has 1 N–H and O–H groups in total. The maximum atomic E-state index is 12.5. The molecule has 1 atom stereocenters. The van der Waals surface area contributed by atoms with Crippen LogP contribution in [-0.2, 0) is 16.0 Å². The van der Waals surface area contributed by atoms with Crippen LogP contribution in [0.1, 0.15) is 41.1 Å². The van der Waals surface area contributed by atoms with E-state index in [0.717, 1.165) is 16.9 Å². The zero-order valence-corrected chi connectivity index (χ0v) is 16.3. The number of carbonyl (C=O) groups excluding carboxylic acids is 2. The minimum absolute atomic E-state index is 0.106. The number of hydrogen-bond donors (Lipinski definition) is 1. The van der Waals surface area contributed by atoms with E-state index < -0.39 is 11.4 Å². The lowest BCUT2D eigenvalue weighted by molar-refractivity contribution is -0.120. The summed E-state index contributed by atoms with van der Waals surface area (Å²) >= 11 is 8.39. The first kappa shape index (κ1) is 17.0.